The average Bonchev–Trinajstić information content (AvgIpc) is 3.39. The minimum atomic E-state index is -0.389. The number of nitrogens with one attached hydrogen (secondary N) is 1. The number of imide groups is 1. The SMILES string of the molecule is Cc1oc(-c2ccc(Cl)cc2)nc1Cc1cc2cc(CC3SC(=O)NC3=O)ccc2o1. The second-order valence-corrected chi connectivity index (χ2v) is 8.99. The second-order valence-electron chi connectivity index (χ2n) is 7.38. The van der Waals surface area contributed by atoms with Gasteiger partial charge in [0.15, 0.2) is 0 Å². The standard InChI is InChI=1S/C23H17ClN2O4S/c1-12-18(25-22(29-12)14-3-5-16(24)6-4-14)11-17-10-15-8-13(2-7-19(15)30-17)9-20-21(27)26-23(28)31-20/h2-8,10,20H,9,11H2,1H3,(H,26,27,28). The molecule has 0 aliphatic carbocycles. The molecule has 0 bridgehead atoms. The molecule has 1 atom stereocenters. The van der Waals surface area contributed by atoms with E-state index in [0.29, 0.717) is 23.8 Å². The summed E-state index contributed by atoms with van der Waals surface area (Å²) < 4.78 is 11.8. The van der Waals surface area contributed by atoms with Crippen molar-refractivity contribution in [1.82, 2.24) is 10.3 Å². The molecule has 156 valence electrons. The molecule has 31 heavy (non-hydrogen) atoms. The zero-order chi connectivity index (χ0) is 21.5. The second kappa shape index (κ2) is 7.90. The Morgan fingerprint density at radius 3 is 2.65 bits per heavy atom. The van der Waals surface area contributed by atoms with Gasteiger partial charge in [0.05, 0.1) is 17.4 Å². The highest BCUT2D eigenvalue weighted by molar-refractivity contribution is 8.15. The number of halogens is 1. The Kier molecular flexibility index (Phi) is 5.08. The highest BCUT2D eigenvalue weighted by Gasteiger charge is 2.31. The van der Waals surface area contributed by atoms with Gasteiger partial charge in [0.25, 0.3) is 5.24 Å². The first kappa shape index (κ1) is 19.9. The van der Waals surface area contributed by atoms with E-state index in [-0.39, 0.29) is 16.4 Å². The Morgan fingerprint density at radius 2 is 1.90 bits per heavy atom. The molecule has 1 aliphatic heterocycles. The van der Waals surface area contributed by atoms with E-state index in [1.165, 1.54) is 0 Å². The van der Waals surface area contributed by atoms with Crippen LogP contribution in [0.3, 0.4) is 0 Å². The van der Waals surface area contributed by atoms with Crippen molar-refractivity contribution in [3.8, 4) is 11.5 Å². The molecule has 1 N–H and O–H groups in total. The minimum Gasteiger partial charge on any atom is -0.461 e. The summed E-state index contributed by atoms with van der Waals surface area (Å²) in [5.74, 6) is 1.82. The first-order valence-electron chi connectivity index (χ1n) is 9.70. The molecule has 1 unspecified atom stereocenters. The summed E-state index contributed by atoms with van der Waals surface area (Å²) in [4.78, 5) is 27.8. The van der Waals surface area contributed by atoms with Gasteiger partial charge in [-0.25, -0.2) is 4.98 Å². The van der Waals surface area contributed by atoms with E-state index in [1.54, 1.807) is 12.1 Å². The number of aryl methyl sites for hydroxylation is 1. The van der Waals surface area contributed by atoms with Crippen LogP contribution in [-0.2, 0) is 17.6 Å². The summed E-state index contributed by atoms with van der Waals surface area (Å²) in [6, 6.07) is 15.1. The Balaban J connectivity index is 1.36. The van der Waals surface area contributed by atoms with Crippen LogP contribution in [0, 0.1) is 6.92 Å². The van der Waals surface area contributed by atoms with Crippen LogP contribution >= 0.6 is 23.4 Å². The molecule has 2 aromatic heterocycles. The molecular formula is C23H17ClN2O4S. The lowest BCUT2D eigenvalue weighted by Gasteiger charge is -2.04. The lowest BCUT2D eigenvalue weighted by molar-refractivity contribution is -0.118. The molecule has 0 saturated carbocycles. The largest absolute Gasteiger partial charge is 0.461 e. The third kappa shape index (κ3) is 4.11. The van der Waals surface area contributed by atoms with Crippen molar-refractivity contribution < 1.29 is 18.4 Å². The number of hydrogen-bond donors (Lipinski definition) is 1. The van der Waals surface area contributed by atoms with E-state index in [2.05, 4.69) is 10.3 Å². The van der Waals surface area contributed by atoms with Gasteiger partial charge in [0.2, 0.25) is 11.8 Å². The maximum absolute atomic E-state index is 11.8. The molecule has 4 aromatic rings. The number of nitrogens with zero attached hydrogens (tertiary/aromatic N) is 1. The quantitative estimate of drug-likeness (QED) is 0.428. The summed E-state index contributed by atoms with van der Waals surface area (Å²) in [5, 5.41) is 3.25. The number of furan rings is 1. The van der Waals surface area contributed by atoms with Crippen molar-refractivity contribution in [2.24, 2.45) is 0 Å². The first-order chi connectivity index (χ1) is 14.9. The zero-order valence-corrected chi connectivity index (χ0v) is 18.0. The summed E-state index contributed by atoms with van der Waals surface area (Å²) >= 11 is 6.99. The number of aromatic nitrogens is 1. The minimum absolute atomic E-state index is 0.235. The number of rotatable bonds is 5. The lowest BCUT2D eigenvalue weighted by atomic mass is 10.1. The molecule has 1 fully saturated rings. The Hall–Kier alpha value is -3.03. The van der Waals surface area contributed by atoms with E-state index < -0.39 is 0 Å². The van der Waals surface area contributed by atoms with Crippen molar-refractivity contribution in [2.45, 2.75) is 25.0 Å². The lowest BCUT2D eigenvalue weighted by Crippen LogP contribution is -2.25. The van der Waals surface area contributed by atoms with Gasteiger partial charge in [0.1, 0.15) is 17.1 Å². The molecule has 8 heteroatoms. The van der Waals surface area contributed by atoms with Crippen LogP contribution in [0.1, 0.15) is 22.8 Å². The third-order valence-corrected chi connectivity index (χ3v) is 6.38. The summed E-state index contributed by atoms with van der Waals surface area (Å²) in [6.07, 6.45) is 0.994. The van der Waals surface area contributed by atoms with E-state index in [1.807, 2.05) is 43.3 Å². The van der Waals surface area contributed by atoms with Crippen molar-refractivity contribution >= 4 is 45.5 Å². The first-order valence-corrected chi connectivity index (χ1v) is 11.0. The zero-order valence-electron chi connectivity index (χ0n) is 16.5. The molecule has 6 nitrogen and oxygen atoms in total. The van der Waals surface area contributed by atoms with Gasteiger partial charge in [-0.15, -0.1) is 0 Å². The van der Waals surface area contributed by atoms with Gasteiger partial charge in [-0.2, -0.15) is 0 Å². The number of benzene rings is 2. The predicted molar refractivity (Wildman–Crippen MR) is 119 cm³/mol. The predicted octanol–water partition coefficient (Wildman–Crippen LogP) is 5.53. The molecule has 3 heterocycles. The van der Waals surface area contributed by atoms with Gasteiger partial charge in [0, 0.05) is 16.0 Å². The number of carbonyl (C=O) groups excluding carboxylic acids is 2. The number of thioether (sulfide) groups is 1. The molecule has 0 spiro atoms. The number of amides is 2. The van der Waals surface area contributed by atoms with E-state index in [4.69, 9.17) is 20.4 Å². The summed E-state index contributed by atoms with van der Waals surface area (Å²) in [5.41, 5.74) is 3.41. The number of hydrogen-bond acceptors (Lipinski definition) is 6. The van der Waals surface area contributed by atoms with Crippen molar-refractivity contribution in [3.63, 3.8) is 0 Å². The molecule has 1 saturated heterocycles. The Bertz CT molecular complexity index is 1310. The fourth-order valence-electron chi connectivity index (χ4n) is 3.58. The Morgan fingerprint density at radius 1 is 1.10 bits per heavy atom. The van der Waals surface area contributed by atoms with Gasteiger partial charge in [-0.05, 0) is 61.4 Å². The van der Waals surface area contributed by atoms with Gasteiger partial charge < -0.3 is 8.83 Å². The van der Waals surface area contributed by atoms with Gasteiger partial charge in [-0.1, -0.05) is 29.4 Å². The number of fused-ring (bicyclic) bond motifs is 1. The van der Waals surface area contributed by atoms with Crippen LogP contribution in [0.4, 0.5) is 4.79 Å². The highest BCUT2D eigenvalue weighted by Crippen LogP contribution is 2.29. The number of carbonyl (C=O) groups is 2. The normalized spacial score (nSPS) is 16.3. The molecule has 1 aliphatic rings. The third-order valence-electron chi connectivity index (χ3n) is 5.15. The van der Waals surface area contributed by atoms with Crippen molar-refractivity contribution in [1.29, 1.82) is 0 Å². The van der Waals surface area contributed by atoms with Crippen LogP contribution in [-0.4, -0.2) is 21.4 Å². The van der Waals surface area contributed by atoms with Gasteiger partial charge >= 0.3 is 0 Å². The van der Waals surface area contributed by atoms with Crippen LogP contribution < -0.4 is 5.32 Å². The van der Waals surface area contributed by atoms with Crippen LogP contribution in [0.2, 0.25) is 5.02 Å². The maximum Gasteiger partial charge on any atom is 0.286 e. The average molecular weight is 453 g/mol. The summed E-state index contributed by atoms with van der Waals surface area (Å²) in [6.45, 7) is 1.88. The fourth-order valence-corrected chi connectivity index (χ4v) is 4.56. The van der Waals surface area contributed by atoms with Crippen LogP contribution in [0.25, 0.3) is 22.4 Å². The molecule has 5 rings (SSSR count). The summed E-state index contributed by atoms with van der Waals surface area (Å²) in [7, 11) is 0. The van der Waals surface area contributed by atoms with Crippen LogP contribution in [0.5, 0.6) is 0 Å². The van der Waals surface area contributed by atoms with Crippen molar-refractivity contribution in [3.05, 3.63) is 76.3 Å². The van der Waals surface area contributed by atoms with Crippen molar-refractivity contribution in [2.75, 3.05) is 0 Å². The van der Waals surface area contributed by atoms with E-state index >= 15 is 0 Å². The topological polar surface area (TPSA) is 85.3 Å². The van der Waals surface area contributed by atoms with Crippen LogP contribution in [0.15, 0.2) is 57.4 Å². The highest BCUT2D eigenvalue weighted by atomic mass is 35.5. The molecule has 2 amide bonds. The van der Waals surface area contributed by atoms with E-state index in [0.717, 1.165) is 51.1 Å². The fraction of sp³-hybridized carbons (Fsp3) is 0.174. The molecule has 0 radical (unpaired) electrons. The molecule has 2 aromatic carbocycles. The monoisotopic (exact) mass is 452 g/mol. The maximum atomic E-state index is 11.8. The Labute approximate surface area is 187 Å². The number of oxazole rings is 1. The smallest absolute Gasteiger partial charge is 0.286 e. The van der Waals surface area contributed by atoms with Gasteiger partial charge in [-0.3, -0.25) is 14.9 Å². The molecular weight excluding hydrogens is 436 g/mol. The van der Waals surface area contributed by atoms with E-state index in [9.17, 15) is 9.59 Å².